The normalized spacial score (nSPS) is 9.86. The second-order valence-corrected chi connectivity index (χ2v) is 3.07. The van der Waals surface area contributed by atoms with Crippen LogP contribution in [-0.2, 0) is 0 Å². The highest BCUT2D eigenvalue weighted by Gasteiger charge is 2.13. The lowest BCUT2D eigenvalue weighted by Crippen LogP contribution is -2.02. The Balaban J connectivity index is 3.20. The summed E-state index contributed by atoms with van der Waals surface area (Å²) >= 11 is 2.90. The quantitative estimate of drug-likeness (QED) is 0.363. The van der Waals surface area contributed by atoms with Crippen LogP contribution < -0.4 is 0 Å². The minimum atomic E-state index is -0.788. The number of hydrogen-bond acceptors (Lipinski definition) is 3. The summed E-state index contributed by atoms with van der Waals surface area (Å²) in [6, 6.07) is 2.79. The lowest BCUT2D eigenvalue weighted by Gasteiger charge is -1.97. The zero-order valence-corrected chi connectivity index (χ0v) is 8.45. The van der Waals surface area contributed by atoms with Crippen molar-refractivity contribution >= 4 is 27.4 Å². The molecule has 0 spiro atoms. The Hall–Kier alpha value is -1.30. The molecule has 0 radical (unpaired) electrons. The Morgan fingerprint density at radius 1 is 1.50 bits per heavy atom. The molecule has 1 aromatic carbocycles. The van der Waals surface area contributed by atoms with Gasteiger partial charge in [-0.05, 0) is 6.07 Å². The first-order chi connectivity index (χ1) is 6.54. The van der Waals surface area contributed by atoms with Gasteiger partial charge in [0.25, 0.3) is 5.69 Å². The number of nitrogens with zero attached hydrogens (tertiary/aromatic N) is 1. The molecule has 1 aromatic rings. The molecule has 0 saturated heterocycles. The predicted molar refractivity (Wildman–Crippen MR) is 51.2 cm³/mol. The minimum absolute atomic E-state index is 0.00595. The van der Waals surface area contributed by atoms with Gasteiger partial charge in [-0.2, -0.15) is 0 Å². The summed E-state index contributed by atoms with van der Waals surface area (Å²) in [5.41, 5.74) is -0.428. The number of non-ortho nitro benzene ring substituents is 1. The molecule has 0 aliphatic carbocycles. The standard InChI is InChI=1S/C8H5BrFNO3/c9-4-8(12)5-1-6(10)3-7(2-5)11(13)14/h1-3H,4H2. The summed E-state index contributed by atoms with van der Waals surface area (Å²) in [5.74, 6) is -1.18. The molecule has 0 heterocycles. The van der Waals surface area contributed by atoms with Crippen molar-refractivity contribution < 1.29 is 14.1 Å². The van der Waals surface area contributed by atoms with Crippen molar-refractivity contribution in [1.29, 1.82) is 0 Å². The number of benzene rings is 1. The largest absolute Gasteiger partial charge is 0.293 e. The third-order valence-electron chi connectivity index (χ3n) is 1.54. The van der Waals surface area contributed by atoms with Gasteiger partial charge in [0.1, 0.15) is 5.82 Å². The van der Waals surface area contributed by atoms with E-state index in [4.69, 9.17) is 0 Å². The molecule has 6 heteroatoms. The summed E-state index contributed by atoms with van der Waals surface area (Å²) in [7, 11) is 0. The number of halogens is 2. The number of nitro benzene ring substituents is 1. The Morgan fingerprint density at radius 3 is 2.64 bits per heavy atom. The van der Waals surface area contributed by atoms with Gasteiger partial charge in [0.05, 0.1) is 16.3 Å². The van der Waals surface area contributed by atoms with Gasteiger partial charge >= 0.3 is 0 Å². The zero-order valence-electron chi connectivity index (χ0n) is 6.87. The van der Waals surface area contributed by atoms with Gasteiger partial charge < -0.3 is 0 Å². The number of Topliss-reactive ketones (excluding diaryl/α,β-unsaturated/α-hetero) is 1. The van der Waals surface area contributed by atoms with Gasteiger partial charge in [0, 0.05) is 11.6 Å². The molecule has 0 bridgehead atoms. The molecule has 0 unspecified atom stereocenters. The van der Waals surface area contributed by atoms with Crippen molar-refractivity contribution in [2.75, 3.05) is 5.33 Å². The molecule has 0 amide bonds. The third-order valence-corrected chi connectivity index (χ3v) is 2.05. The van der Waals surface area contributed by atoms with Gasteiger partial charge in [0.2, 0.25) is 0 Å². The van der Waals surface area contributed by atoms with Crippen molar-refractivity contribution in [2.45, 2.75) is 0 Å². The van der Waals surface area contributed by atoms with E-state index in [-0.39, 0.29) is 10.9 Å². The lowest BCUT2D eigenvalue weighted by molar-refractivity contribution is -0.385. The predicted octanol–water partition coefficient (Wildman–Crippen LogP) is 2.31. The van der Waals surface area contributed by atoms with Gasteiger partial charge in [0.15, 0.2) is 5.78 Å². The molecule has 0 fully saturated rings. The van der Waals surface area contributed by atoms with Crippen LogP contribution in [0.1, 0.15) is 10.4 Å². The molecule has 0 saturated carbocycles. The summed E-state index contributed by atoms with van der Waals surface area (Å²) < 4.78 is 12.8. The van der Waals surface area contributed by atoms with E-state index >= 15 is 0 Å². The van der Waals surface area contributed by atoms with Gasteiger partial charge in [-0.1, -0.05) is 15.9 Å². The molecule has 1 rings (SSSR count). The fourth-order valence-electron chi connectivity index (χ4n) is 0.918. The first-order valence-corrected chi connectivity index (χ1v) is 4.71. The Morgan fingerprint density at radius 2 is 2.14 bits per heavy atom. The van der Waals surface area contributed by atoms with Gasteiger partial charge in [-0.15, -0.1) is 0 Å². The van der Waals surface area contributed by atoms with E-state index in [2.05, 4.69) is 15.9 Å². The van der Waals surface area contributed by atoms with Crippen LogP contribution in [0.25, 0.3) is 0 Å². The van der Waals surface area contributed by atoms with Crippen LogP contribution in [0.4, 0.5) is 10.1 Å². The van der Waals surface area contributed by atoms with Crippen LogP contribution in [0.2, 0.25) is 0 Å². The lowest BCUT2D eigenvalue weighted by atomic mass is 10.1. The number of carbonyl (C=O) groups is 1. The van der Waals surface area contributed by atoms with E-state index in [1.54, 1.807) is 0 Å². The Labute approximate surface area is 87.0 Å². The van der Waals surface area contributed by atoms with E-state index in [1.807, 2.05) is 0 Å². The third kappa shape index (κ3) is 2.35. The van der Waals surface area contributed by atoms with Crippen molar-refractivity contribution in [3.63, 3.8) is 0 Å². The fraction of sp³-hybridized carbons (Fsp3) is 0.125. The summed E-state index contributed by atoms with van der Waals surface area (Å²) in [6.45, 7) is 0. The first-order valence-electron chi connectivity index (χ1n) is 3.58. The van der Waals surface area contributed by atoms with Crippen LogP contribution in [-0.4, -0.2) is 16.0 Å². The van der Waals surface area contributed by atoms with Crippen LogP contribution in [0.5, 0.6) is 0 Å². The number of carbonyl (C=O) groups excluding carboxylic acids is 1. The van der Waals surface area contributed by atoms with Crippen LogP contribution in [0.3, 0.4) is 0 Å². The average molecular weight is 262 g/mol. The summed E-state index contributed by atoms with van der Waals surface area (Å²) in [5, 5.41) is 10.3. The molecule has 74 valence electrons. The topological polar surface area (TPSA) is 60.2 Å². The molecule has 14 heavy (non-hydrogen) atoms. The molecule has 0 atom stereocenters. The monoisotopic (exact) mass is 261 g/mol. The molecule has 4 nitrogen and oxygen atoms in total. The first kappa shape index (κ1) is 10.8. The van der Waals surface area contributed by atoms with Crippen molar-refractivity contribution in [3.8, 4) is 0 Å². The average Bonchev–Trinajstić information content (AvgIpc) is 2.15. The van der Waals surface area contributed by atoms with E-state index in [1.165, 1.54) is 0 Å². The SMILES string of the molecule is O=C(CBr)c1cc(F)cc([N+](=O)[O-])c1. The second kappa shape index (κ2) is 4.28. The zero-order chi connectivity index (χ0) is 10.7. The second-order valence-electron chi connectivity index (χ2n) is 2.51. The molecule has 0 aliphatic heterocycles. The maximum atomic E-state index is 12.8. The Bertz CT molecular complexity index is 394. The summed E-state index contributed by atoms with van der Waals surface area (Å²) in [6.07, 6.45) is 0. The van der Waals surface area contributed by atoms with Gasteiger partial charge in [-0.3, -0.25) is 14.9 Å². The fourth-order valence-corrected chi connectivity index (χ4v) is 1.24. The number of hydrogen-bond donors (Lipinski definition) is 0. The summed E-state index contributed by atoms with van der Waals surface area (Å²) in [4.78, 5) is 20.7. The molecular formula is C8H5BrFNO3. The molecule has 0 N–H and O–H groups in total. The molecule has 0 aromatic heterocycles. The van der Waals surface area contributed by atoms with E-state index < -0.39 is 22.2 Å². The van der Waals surface area contributed by atoms with Crippen molar-refractivity contribution in [1.82, 2.24) is 0 Å². The molecular weight excluding hydrogens is 257 g/mol. The number of alkyl halides is 1. The van der Waals surface area contributed by atoms with Crippen molar-refractivity contribution in [3.05, 3.63) is 39.7 Å². The minimum Gasteiger partial charge on any atom is -0.293 e. The van der Waals surface area contributed by atoms with E-state index in [0.29, 0.717) is 0 Å². The molecule has 0 aliphatic rings. The van der Waals surface area contributed by atoms with Crippen LogP contribution in [0.15, 0.2) is 18.2 Å². The highest BCUT2D eigenvalue weighted by Crippen LogP contribution is 2.17. The van der Waals surface area contributed by atoms with Crippen molar-refractivity contribution in [2.24, 2.45) is 0 Å². The maximum Gasteiger partial charge on any atom is 0.273 e. The van der Waals surface area contributed by atoms with E-state index in [9.17, 15) is 19.3 Å². The van der Waals surface area contributed by atoms with Crippen LogP contribution >= 0.6 is 15.9 Å². The maximum absolute atomic E-state index is 12.8. The van der Waals surface area contributed by atoms with Crippen LogP contribution in [0, 0.1) is 15.9 Å². The number of nitro groups is 1. The number of ketones is 1. The number of rotatable bonds is 3. The smallest absolute Gasteiger partial charge is 0.273 e. The highest BCUT2D eigenvalue weighted by atomic mass is 79.9. The Kier molecular flexibility index (Phi) is 3.29. The highest BCUT2D eigenvalue weighted by molar-refractivity contribution is 9.09. The van der Waals surface area contributed by atoms with Gasteiger partial charge in [-0.25, -0.2) is 4.39 Å². The van der Waals surface area contributed by atoms with E-state index in [0.717, 1.165) is 18.2 Å².